The van der Waals surface area contributed by atoms with Gasteiger partial charge in [-0.05, 0) is 44.7 Å². The van der Waals surface area contributed by atoms with E-state index in [2.05, 4.69) is 12.6 Å². The van der Waals surface area contributed by atoms with E-state index < -0.39 is 34.7 Å². The Morgan fingerprint density at radius 1 is 1.07 bits per heavy atom. The normalized spacial score (nSPS) is 12.0. The van der Waals surface area contributed by atoms with Crippen LogP contribution in [0.4, 0.5) is 4.79 Å². The monoisotopic (exact) mass is 428 g/mol. The molecule has 1 aromatic carbocycles. The fourth-order valence-corrected chi connectivity index (χ4v) is 2.76. The maximum Gasteiger partial charge on any atom is 0.370 e. The van der Waals surface area contributed by atoms with Crippen molar-refractivity contribution in [3.8, 4) is 0 Å². The highest BCUT2D eigenvalue weighted by molar-refractivity contribution is 8.13. The highest BCUT2D eigenvalue weighted by atomic mass is 32.2. The molecule has 0 fully saturated rings. The van der Waals surface area contributed by atoms with Crippen molar-refractivity contribution in [1.82, 2.24) is 0 Å². The van der Waals surface area contributed by atoms with Gasteiger partial charge >= 0.3 is 17.2 Å². The maximum atomic E-state index is 12.1. The highest BCUT2D eigenvalue weighted by Crippen LogP contribution is 2.23. The first kappa shape index (κ1) is 24.0. The van der Waals surface area contributed by atoms with Crippen LogP contribution >= 0.6 is 24.4 Å². The molecule has 0 aliphatic heterocycles. The quantitative estimate of drug-likeness (QED) is 0.344. The number of hydrogen-bond acceptors (Lipinski definition) is 9. The molecular weight excluding hydrogens is 404 g/mol. The van der Waals surface area contributed by atoms with Crippen LogP contribution in [0.2, 0.25) is 0 Å². The predicted molar refractivity (Wildman–Crippen MR) is 108 cm³/mol. The summed E-state index contributed by atoms with van der Waals surface area (Å²) in [5.41, 5.74) is 0.335. The maximum absolute atomic E-state index is 12.1. The zero-order valence-electron chi connectivity index (χ0n) is 16.0. The first-order valence-corrected chi connectivity index (χ1v) is 10.0. The van der Waals surface area contributed by atoms with Gasteiger partial charge < -0.3 is 14.2 Å². The highest BCUT2D eigenvalue weighted by Gasteiger charge is 2.30. The van der Waals surface area contributed by atoms with Crippen LogP contribution in [0.3, 0.4) is 0 Å². The van der Waals surface area contributed by atoms with Crippen LogP contribution in [0, 0.1) is 5.92 Å². The number of esters is 2. The van der Waals surface area contributed by atoms with Crippen molar-refractivity contribution in [2.75, 3.05) is 19.2 Å². The molecular formula is C19H24O7S2. The topological polar surface area (TPSA) is 96.0 Å². The van der Waals surface area contributed by atoms with Crippen molar-refractivity contribution in [3.63, 3.8) is 0 Å². The number of hydrogen-bond donors (Lipinski definition) is 1. The third-order valence-electron chi connectivity index (χ3n) is 3.51. The van der Waals surface area contributed by atoms with Crippen LogP contribution in [0.25, 0.3) is 0 Å². The molecule has 9 heteroatoms. The number of ether oxygens (including phenoxy) is 3. The standard InChI is InChI=1S/C19H24O7S2/c1-4-24-17(22)14(10-15(20)19(2,3)27)11-28-18(23)26-12-25-16(21)13-8-6-5-7-9-13/h5-9,14,27H,4,10-12H2,1-3H3/t14-/m0/s1. The van der Waals surface area contributed by atoms with Crippen molar-refractivity contribution in [1.29, 1.82) is 0 Å². The summed E-state index contributed by atoms with van der Waals surface area (Å²) in [6.07, 6.45) is -0.0986. The third-order valence-corrected chi connectivity index (χ3v) is 4.68. The van der Waals surface area contributed by atoms with Gasteiger partial charge in [0.25, 0.3) is 0 Å². The van der Waals surface area contributed by atoms with E-state index in [0.29, 0.717) is 17.3 Å². The van der Waals surface area contributed by atoms with Gasteiger partial charge in [-0.2, -0.15) is 12.6 Å². The molecule has 0 saturated carbocycles. The largest absolute Gasteiger partial charge is 0.466 e. The first-order valence-electron chi connectivity index (χ1n) is 8.59. The summed E-state index contributed by atoms with van der Waals surface area (Å²) < 4.78 is 13.7. The fraction of sp³-hybridized carbons (Fsp3) is 0.474. The van der Waals surface area contributed by atoms with Gasteiger partial charge in [0.15, 0.2) is 0 Å². The molecule has 1 aromatic rings. The number of thioether (sulfide) groups is 1. The SMILES string of the molecule is CCOC(=O)[C@H](CSC(=O)OCOC(=O)c1ccccc1)CC(=O)C(C)(C)S. The number of thiol groups is 1. The second-order valence-electron chi connectivity index (χ2n) is 6.26. The second kappa shape index (κ2) is 11.8. The fourth-order valence-electron chi connectivity index (χ4n) is 1.94. The summed E-state index contributed by atoms with van der Waals surface area (Å²) in [5, 5.41) is -0.729. The minimum atomic E-state index is -0.901. The van der Waals surface area contributed by atoms with Crippen molar-refractivity contribution in [2.45, 2.75) is 31.9 Å². The van der Waals surface area contributed by atoms with Crippen LogP contribution in [0.5, 0.6) is 0 Å². The predicted octanol–water partition coefficient (Wildman–Crippen LogP) is 3.52. The number of carbonyl (C=O) groups is 4. The summed E-state index contributed by atoms with van der Waals surface area (Å²) in [5.74, 6) is -2.23. The number of ketones is 1. The van der Waals surface area contributed by atoms with Gasteiger partial charge in [0.05, 0.1) is 22.8 Å². The van der Waals surface area contributed by atoms with E-state index in [1.165, 1.54) is 0 Å². The van der Waals surface area contributed by atoms with E-state index in [-0.39, 0.29) is 24.6 Å². The van der Waals surface area contributed by atoms with E-state index in [1.54, 1.807) is 51.1 Å². The van der Waals surface area contributed by atoms with Crippen LogP contribution in [0.1, 0.15) is 37.6 Å². The third kappa shape index (κ3) is 8.79. The van der Waals surface area contributed by atoms with Gasteiger partial charge in [-0.3, -0.25) is 9.59 Å². The van der Waals surface area contributed by atoms with Gasteiger partial charge in [0.2, 0.25) is 6.79 Å². The van der Waals surface area contributed by atoms with Crippen molar-refractivity contribution in [3.05, 3.63) is 35.9 Å². The zero-order chi connectivity index (χ0) is 21.2. The minimum absolute atomic E-state index is 0.000103. The molecule has 1 atom stereocenters. The molecule has 0 aromatic heterocycles. The zero-order valence-corrected chi connectivity index (χ0v) is 17.7. The van der Waals surface area contributed by atoms with E-state index in [0.717, 1.165) is 0 Å². The average Bonchev–Trinajstić information content (AvgIpc) is 2.64. The summed E-state index contributed by atoms with van der Waals surface area (Å²) in [6.45, 7) is 4.53. The molecule has 0 radical (unpaired) electrons. The van der Waals surface area contributed by atoms with Gasteiger partial charge in [-0.15, -0.1) is 0 Å². The molecule has 0 aliphatic rings. The Balaban J connectivity index is 2.47. The van der Waals surface area contributed by atoms with Gasteiger partial charge in [-0.25, -0.2) is 9.59 Å². The Morgan fingerprint density at radius 3 is 2.29 bits per heavy atom. The average molecular weight is 429 g/mol. The number of carbonyl (C=O) groups excluding carboxylic acids is 4. The van der Waals surface area contributed by atoms with E-state index >= 15 is 0 Å². The van der Waals surface area contributed by atoms with Crippen molar-refractivity contribution >= 4 is 47.4 Å². The molecule has 0 aliphatic carbocycles. The van der Waals surface area contributed by atoms with Gasteiger partial charge in [0.1, 0.15) is 5.78 Å². The van der Waals surface area contributed by atoms with Crippen LogP contribution in [-0.4, -0.2) is 46.9 Å². The number of rotatable bonds is 10. The molecule has 0 unspecified atom stereocenters. The van der Waals surface area contributed by atoms with Crippen LogP contribution in [-0.2, 0) is 23.8 Å². The van der Waals surface area contributed by atoms with E-state index in [9.17, 15) is 19.2 Å². The Morgan fingerprint density at radius 2 is 1.71 bits per heavy atom. The molecule has 0 amide bonds. The molecule has 1 rings (SSSR count). The molecule has 154 valence electrons. The second-order valence-corrected chi connectivity index (χ2v) is 8.33. The molecule has 7 nitrogen and oxygen atoms in total. The van der Waals surface area contributed by atoms with E-state index in [1.807, 2.05) is 0 Å². The Labute approximate surface area is 173 Å². The minimum Gasteiger partial charge on any atom is -0.466 e. The number of Topliss-reactive ketones (excluding diaryl/α,β-unsaturated/α-hetero) is 1. The van der Waals surface area contributed by atoms with Crippen molar-refractivity contribution in [2.24, 2.45) is 5.92 Å². The lowest BCUT2D eigenvalue weighted by Gasteiger charge is -2.20. The van der Waals surface area contributed by atoms with Crippen LogP contribution < -0.4 is 0 Å². The summed E-state index contributed by atoms with van der Waals surface area (Å²) in [4.78, 5) is 47.8. The lowest BCUT2D eigenvalue weighted by molar-refractivity contribution is -0.148. The molecule has 0 spiro atoms. The smallest absolute Gasteiger partial charge is 0.370 e. The molecule has 0 N–H and O–H groups in total. The van der Waals surface area contributed by atoms with E-state index in [4.69, 9.17) is 14.2 Å². The summed E-state index contributed by atoms with van der Waals surface area (Å²) in [6, 6.07) is 8.27. The summed E-state index contributed by atoms with van der Waals surface area (Å²) in [7, 11) is 0. The Hall–Kier alpha value is -2.00. The molecule has 28 heavy (non-hydrogen) atoms. The Kier molecular flexibility index (Phi) is 10.1. The van der Waals surface area contributed by atoms with Crippen LogP contribution in [0.15, 0.2) is 30.3 Å². The Bertz CT molecular complexity index is 683. The molecule has 0 bridgehead atoms. The summed E-state index contributed by atoms with van der Waals surface area (Å²) >= 11 is 4.91. The molecule has 0 heterocycles. The first-order chi connectivity index (χ1) is 13.1. The lowest BCUT2D eigenvalue weighted by Crippen LogP contribution is -2.31. The lowest BCUT2D eigenvalue weighted by atomic mass is 9.97. The van der Waals surface area contributed by atoms with Gasteiger partial charge in [0, 0.05) is 12.2 Å². The van der Waals surface area contributed by atoms with Gasteiger partial charge in [-0.1, -0.05) is 18.2 Å². The number of benzene rings is 1. The molecule has 0 saturated heterocycles. The van der Waals surface area contributed by atoms with Crippen molar-refractivity contribution < 1.29 is 33.4 Å².